The molecule has 2 unspecified atom stereocenters. The van der Waals surface area contributed by atoms with Gasteiger partial charge in [-0.25, -0.2) is 0 Å². The average molecular weight is 516 g/mol. The Balaban J connectivity index is 0.00000300. The number of nitrogens with zero attached hydrogens (tertiary/aromatic N) is 2. The number of hydrogen-bond donors (Lipinski definition) is 2. The number of ether oxygens (including phenoxy) is 2. The third-order valence-corrected chi connectivity index (χ3v) is 5.50. The van der Waals surface area contributed by atoms with E-state index in [0.717, 1.165) is 77.8 Å². The number of halogens is 1. The molecule has 2 heterocycles. The van der Waals surface area contributed by atoms with Crippen LogP contribution >= 0.6 is 24.0 Å². The van der Waals surface area contributed by atoms with Crippen molar-refractivity contribution in [2.24, 2.45) is 4.99 Å². The highest BCUT2D eigenvalue weighted by molar-refractivity contribution is 14.0. The number of hydrogen-bond acceptors (Lipinski definition) is 4. The van der Waals surface area contributed by atoms with E-state index in [-0.39, 0.29) is 30.1 Å². The Morgan fingerprint density at radius 1 is 1.31 bits per heavy atom. The van der Waals surface area contributed by atoms with Gasteiger partial charge in [0.1, 0.15) is 0 Å². The van der Waals surface area contributed by atoms with E-state index in [2.05, 4.69) is 53.6 Å². The molecular weight excluding hydrogens is 479 g/mol. The molecule has 0 radical (unpaired) electrons. The molecule has 1 saturated heterocycles. The molecule has 29 heavy (non-hydrogen) atoms. The summed E-state index contributed by atoms with van der Waals surface area (Å²) in [7, 11) is 0. The molecule has 0 aliphatic carbocycles. The van der Waals surface area contributed by atoms with Crippen molar-refractivity contribution in [1.29, 1.82) is 0 Å². The molecule has 164 valence electrons. The van der Waals surface area contributed by atoms with E-state index >= 15 is 0 Å². The molecular formula is C22H37IN4O2. The van der Waals surface area contributed by atoms with Gasteiger partial charge in [0, 0.05) is 45.4 Å². The number of benzene rings is 1. The Morgan fingerprint density at radius 3 is 2.90 bits per heavy atom. The Bertz CT molecular complexity index is 623. The molecule has 2 N–H and O–H groups in total. The Morgan fingerprint density at radius 2 is 2.14 bits per heavy atom. The summed E-state index contributed by atoms with van der Waals surface area (Å²) in [4.78, 5) is 7.35. The minimum atomic E-state index is 0. The standard InChI is InChI=1S/C22H36N4O2.HI/c1-3-23-22(24-11-6-13-28-21-10-14-27-17-21)25-15-18(2)26-12-9-19-7-4-5-8-20(19)16-26;/h4-5,7-8,18,21H,3,6,9-17H2,1-2H3,(H2,23,24,25);1H. The maximum Gasteiger partial charge on any atom is 0.191 e. The molecule has 2 aliphatic heterocycles. The van der Waals surface area contributed by atoms with Crippen LogP contribution in [-0.2, 0) is 22.4 Å². The van der Waals surface area contributed by atoms with E-state index in [4.69, 9.17) is 14.5 Å². The van der Waals surface area contributed by atoms with Crippen LogP contribution in [0.15, 0.2) is 29.3 Å². The van der Waals surface area contributed by atoms with Crippen molar-refractivity contribution in [2.45, 2.75) is 51.8 Å². The Hall–Kier alpha value is -0.900. The van der Waals surface area contributed by atoms with Crippen LogP contribution in [0.1, 0.15) is 37.8 Å². The molecule has 1 aromatic rings. The van der Waals surface area contributed by atoms with Gasteiger partial charge < -0.3 is 20.1 Å². The zero-order chi connectivity index (χ0) is 19.6. The summed E-state index contributed by atoms with van der Waals surface area (Å²) in [5.41, 5.74) is 2.96. The Labute approximate surface area is 192 Å². The van der Waals surface area contributed by atoms with Crippen molar-refractivity contribution in [3.8, 4) is 0 Å². The van der Waals surface area contributed by atoms with Crippen LogP contribution in [0.2, 0.25) is 0 Å². The molecule has 0 aromatic heterocycles. The molecule has 6 nitrogen and oxygen atoms in total. The highest BCUT2D eigenvalue weighted by Gasteiger charge is 2.20. The van der Waals surface area contributed by atoms with Gasteiger partial charge in [-0.3, -0.25) is 9.89 Å². The smallest absolute Gasteiger partial charge is 0.191 e. The second kappa shape index (κ2) is 13.4. The highest BCUT2D eigenvalue weighted by atomic mass is 127. The number of aliphatic imine (C=N–C) groups is 1. The van der Waals surface area contributed by atoms with Crippen molar-refractivity contribution in [2.75, 3.05) is 46.0 Å². The first kappa shape index (κ1) is 24.4. The van der Waals surface area contributed by atoms with Crippen LogP contribution in [0.3, 0.4) is 0 Å². The zero-order valence-electron chi connectivity index (χ0n) is 17.9. The first-order chi connectivity index (χ1) is 13.8. The summed E-state index contributed by atoms with van der Waals surface area (Å²) < 4.78 is 11.2. The first-order valence-corrected chi connectivity index (χ1v) is 10.8. The van der Waals surface area contributed by atoms with Gasteiger partial charge in [0.25, 0.3) is 0 Å². The fourth-order valence-electron chi connectivity index (χ4n) is 3.75. The van der Waals surface area contributed by atoms with Gasteiger partial charge in [-0.15, -0.1) is 24.0 Å². The highest BCUT2D eigenvalue weighted by Crippen LogP contribution is 2.20. The van der Waals surface area contributed by atoms with Crippen molar-refractivity contribution >= 4 is 29.9 Å². The van der Waals surface area contributed by atoms with Gasteiger partial charge in [0.05, 0.1) is 19.3 Å². The third kappa shape index (κ3) is 8.03. The second-order valence-corrected chi connectivity index (χ2v) is 7.69. The molecule has 0 spiro atoms. The molecule has 3 rings (SSSR count). The summed E-state index contributed by atoms with van der Waals surface area (Å²) in [6.07, 6.45) is 3.42. The van der Waals surface area contributed by atoms with E-state index in [9.17, 15) is 0 Å². The number of fused-ring (bicyclic) bond motifs is 1. The Kier molecular flexibility index (Phi) is 11.3. The predicted octanol–water partition coefficient (Wildman–Crippen LogP) is 2.80. The molecule has 1 aromatic carbocycles. The number of nitrogens with one attached hydrogen (secondary N) is 2. The van der Waals surface area contributed by atoms with E-state index in [1.54, 1.807) is 0 Å². The van der Waals surface area contributed by atoms with Gasteiger partial charge >= 0.3 is 0 Å². The van der Waals surface area contributed by atoms with Crippen LogP contribution in [0.4, 0.5) is 0 Å². The minimum absolute atomic E-state index is 0. The van der Waals surface area contributed by atoms with Crippen LogP contribution in [-0.4, -0.2) is 69.0 Å². The summed E-state index contributed by atoms with van der Waals surface area (Å²) in [6, 6.07) is 9.22. The van der Waals surface area contributed by atoms with E-state index in [1.165, 1.54) is 11.1 Å². The van der Waals surface area contributed by atoms with Gasteiger partial charge in [0.15, 0.2) is 5.96 Å². The number of rotatable bonds is 9. The molecule has 0 amide bonds. The van der Waals surface area contributed by atoms with Gasteiger partial charge in [-0.2, -0.15) is 0 Å². The molecule has 0 saturated carbocycles. The van der Waals surface area contributed by atoms with Crippen molar-refractivity contribution < 1.29 is 9.47 Å². The maximum atomic E-state index is 5.82. The SMILES string of the molecule is CCNC(=NCC(C)N1CCc2ccccc2C1)NCCCOC1CCOC1.I. The van der Waals surface area contributed by atoms with Crippen LogP contribution in [0.25, 0.3) is 0 Å². The normalized spacial score (nSPS) is 20.6. The fourth-order valence-corrected chi connectivity index (χ4v) is 3.75. The summed E-state index contributed by atoms with van der Waals surface area (Å²) in [6.45, 7) is 11.4. The van der Waals surface area contributed by atoms with Crippen LogP contribution < -0.4 is 10.6 Å². The minimum Gasteiger partial charge on any atom is -0.379 e. The first-order valence-electron chi connectivity index (χ1n) is 10.8. The second-order valence-electron chi connectivity index (χ2n) is 7.69. The largest absolute Gasteiger partial charge is 0.379 e. The van der Waals surface area contributed by atoms with Crippen LogP contribution in [0, 0.1) is 0 Å². The quantitative estimate of drug-likeness (QED) is 0.229. The zero-order valence-corrected chi connectivity index (χ0v) is 20.2. The molecule has 1 fully saturated rings. The van der Waals surface area contributed by atoms with E-state index in [1.807, 2.05) is 0 Å². The summed E-state index contributed by atoms with van der Waals surface area (Å²) >= 11 is 0. The van der Waals surface area contributed by atoms with Crippen LogP contribution in [0.5, 0.6) is 0 Å². The summed E-state index contributed by atoms with van der Waals surface area (Å²) in [5, 5.41) is 6.78. The van der Waals surface area contributed by atoms with Crippen molar-refractivity contribution in [1.82, 2.24) is 15.5 Å². The topological polar surface area (TPSA) is 58.1 Å². The van der Waals surface area contributed by atoms with Gasteiger partial charge in [0.2, 0.25) is 0 Å². The fraction of sp³-hybridized carbons (Fsp3) is 0.682. The lowest BCUT2D eigenvalue weighted by molar-refractivity contribution is 0.0420. The molecule has 2 atom stereocenters. The monoisotopic (exact) mass is 516 g/mol. The third-order valence-electron chi connectivity index (χ3n) is 5.50. The van der Waals surface area contributed by atoms with E-state index in [0.29, 0.717) is 6.04 Å². The predicted molar refractivity (Wildman–Crippen MR) is 129 cm³/mol. The molecule has 0 bridgehead atoms. The molecule has 2 aliphatic rings. The average Bonchev–Trinajstić information content (AvgIpc) is 3.24. The van der Waals surface area contributed by atoms with Crippen molar-refractivity contribution in [3.05, 3.63) is 35.4 Å². The molecule has 7 heteroatoms. The lowest BCUT2D eigenvalue weighted by Gasteiger charge is -2.33. The maximum absolute atomic E-state index is 5.82. The van der Waals surface area contributed by atoms with Crippen molar-refractivity contribution in [3.63, 3.8) is 0 Å². The lowest BCUT2D eigenvalue weighted by Crippen LogP contribution is -2.42. The summed E-state index contributed by atoms with van der Waals surface area (Å²) in [5.74, 6) is 0.899. The van der Waals surface area contributed by atoms with E-state index < -0.39 is 0 Å². The van der Waals surface area contributed by atoms with Gasteiger partial charge in [-0.05, 0) is 44.2 Å². The number of guanidine groups is 1. The lowest BCUT2D eigenvalue weighted by atomic mass is 9.99. The van der Waals surface area contributed by atoms with Gasteiger partial charge in [-0.1, -0.05) is 24.3 Å².